The predicted octanol–water partition coefficient (Wildman–Crippen LogP) is 4.02. The van der Waals surface area contributed by atoms with E-state index in [2.05, 4.69) is 51.9 Å². The number of fused-ring (bicyclic) bond motifs is 1. The number of hydrogen-bond donors (Lipinski definition) is 0. The average Bonchev–Trinajstić information content (AvgIpc) is 3.18. The van der Waals surface area contributed by atoms with Crippen molar-refractivity contribution in [3.05, 3.63) is 48.2 Å². The minimum Gasteiger partial charge on any atom is -0.490 e. The molecule has 3 aliphatic heterocycles. The highest BCUT2D eigenvalue weighted by Gasteiger charge is 2.40. The molecule has 1 aromatic rings. The van der Waals surface area contributed by atoms with Gasteiger partial charge in [-0.25, -0.2) is 0 Å². The van der Waals surface area contributed by atoms with Crippen LogP contribution in [0.5, 0.6) is 5.75 Å². The monoisotopic (exact) mass is 384 g/mol. The zero-order valence-electron chi connectivity index (χ0n) is 15.3. The maximum absolute atomic E-state index is 6.22. The molecular weight excluding hydrogens is 360 g/mol. The van der Waals surface area contributed by atoms with E-state index >= 15 is 0 Å². The van der Waals surface area contributed by atoms with Crippen molar-refractivity contribution in [1.82, 2.24) is 4.90 Å². The normalized spacial score (nSPS) is 24.5. The van der Waals surface area contributed by atoms with Crippen molar-refractivity contribution >= 4 is 23.4 Å². The summed E-state index contributed by atoms with van der Waals surface area (Å²) in [7, 11) is 0. The second kappa shape index (κ2) is 7.34. The minimum absolute atomic E-state index is 0.237. The molecular formula is C21H24N2O3S. The molecule has 27 heavy (non-hydrogen) atoms. The van der Waals surface area contributed by atoms with Crippen molar-refractivity contribution in [1.29, 1.82) is 0 Å². The molecule has 0 radical (unpaired) electrons. The number of amidine groups is 1. The summed E-state index contributed by atoms with van der Waals surface area (Å²) in [5, 5.41) is 0. The van der Waals surface area contributed by atoms with Crippen molar-refractivity contribution in [2.75, 3.05) is 25.5 Å². The van der Waals surface area contributed by atoms with Crippen LogP contribution in [0.15, 0.2) is 47.0 Å². The average molecular weight is 385 g/mol. The molecule has 5 nitrogen and oxygen atoms in total. The zero-order valence-corrected chi connectivity index (χ0v) is 16.1. The van der Waals surface area contributed by atoms with E-state index in [0.29, 0.717) is 0 Å². The van der Waals surface area contributed by atoms with Crippen LogP contribution in [0, 0.1) is 0 Å². The van der Waals surface area contributed by atoms with Gasteiger partial charge in [0.25, 0.3) is 0 Å². The van der Waals surface area contributed by atoms with Gasteiger partial charge in [0, 0.05) is 36.9 Å². The van der Waals surface area contributed by atoms with Crippen LogP contribution < -0.4 is 4.74 Å². The molecule has 2 fully saturated rings. The molecule has 0 amide bonds. The van der Waals surface area contributed by atoms with Gasteiger partial charge in [-0.2, -0.15) is 4.40 Å². The maximum Gasteiger partial charge on any atom is 0.168 e. The van der Waals surface area contributed by atoms with E-state index in [9.17, 15) is 0 Å². The lowest BCUT2D eigenvalue weighted by Crippen LogP contribution is -2.38. The molecule has 1 aromatic carbocycles. The fourth-order valence-corrected chi connectivity index (χ4v) is 4.83. The number of hydrogen-bond acceptors (Lipinski definition) is 6. The van der Waals surface area contributed by atoms with Gasteiger partial charge in [-0.05, 0) is 54.6 Å². The summed E-state index contributed by atoms with van der Waals surface area (Å²) >= 11 is 1.64. The molecule has 5 rings (SSSR count). The Labute approximate surface area is 164 Å². The first-order valence-corrected chi connectivity index (χ1v) is 10.7. The number of benzene rings is 1. The van der Waals surface area contributed by atoms with E-state index in [1.807, 2.05) is 0 Å². The number of ether oxygens (including phenoxy) is 3. The Bertz CT molecular complexity index is 771. The Morgan fingerprint density at radius 2 is 1.89 bits per heavy atom. The highest BCUT2D eigenvalue weighted by Crippen LogP contribution is 2.37. The Kier molecular flexibility index (Phi) is 4.71. The van der Waals surface area contributed by atoms with Gasteiger partial charge in [0.05, 0.1) is 19.3 Å². The van der Waals surface area contributed by atoms with Crippen LogP contribution in [0.3, 0.4) is 0 Å². The molecule has 0 atom stereocenters. The largest absolute Gasteiger partial charge is 0.490 e. The molecule has 0 bridgehead atoms. The van der Waals surface area contributed by atoms with Crippen molar-refractivity contribution < 1.29 is 14.2 Å². The molecule has 1 aliphatic carbocycles. The quantitative estimate of drug-likeness (QED) is 0.737. The smallest absolute Gasteiger partial charge is 0.168 e. The minimum atomic E-state index is -0.324. The Hall–Kier alpha value is -1.76. The Balaban J connectivity index is 1.24. The predicted molar refractivity (Wildman–Crippen MR) is 108 cm³/mol. The van der Waals surface area contributed by atoms with Gasteiger partial charge in [0.2, 0.25) is 0 Å². The van der Waals surface area contributed by atoms with Gasteiger partial charge in [-0.3, -0.25) is 0 Å². The van der Waals surface area contributed by atoms with Gasteiger partial charge >= 0.3 is 0 Å². The topological polar surface area (TPSA) is 43.3 Å². The third kappa shape index (κ3) is 3.53. The molecule has 0 unspecified atom stereocenters. The van der Waals surface area contributed by atoms with E-state index in [4.69, 9.17) is 14.2 Å². The van der Waals surface area contributed by atoms with E-state index in [-0.39, 0.29) is 11.9 Å². The first-order chi connectivity index (χ1) is 13.3. The van der Waals surface area contributed by atoms with E-state index in [0.717, 1.165) is 62.8 Å². The van der Waals surface area contributed by atoms with Crippen LogP contribution >= 0.6 is 11.9 Å². The third-order valence-corrected chi connectivity index (χ3v) is 6.26. The van der Waals surface area contributed by atoms with Crippen molar-refractivity contribution in [3.8, 4) is 5.75 Å². The first kappa shape index (κ1) is 17.3. The van der Waals surface area contributed by atoms with Gasteiger partial charge in [-0.1, -0.05) is 12.1 Å². The Morgan fingerprint density at radius 1 is 1.11 bits per heavy atom. The van der Waals surface area contributed by atoms with Crippen LogP contribution in [0.1, 0.15) is 31.2 Å². The first-order valence-electron chi connectivity index (χ1n) is 9.72. The maximum atomic E-state index is 6.22. The molecule has 4 aliphatic rings. The molecule has 0 N–H and O–H groups in total. The fourth-order valence-electron chi connectivity index (χ4n) is 4.14. The van der Waals surface area contributed by atoms with Gasteiger partial charge in [0.1, 0.15) is 11.6 Å². The number of allylic oxidation sites excluding steroid dienone is 2. The van der Waals surface area contributed by atoms with E-state index in [1.54, 1.807) is 11.9 Å². The van der Waals surface area contributed by atoms with Crippen LogP contribution in [-0.2, 0) is 9.47 Å². The van der Waals surface area contributed by atoms with Gasteiger partial charge < -0.3 is 19.1 Å². The summed E-state index contributed by atoms with van der Waals surface area (Å²) in [6.45, 7) is 2.45. The fraction of sp³-hybridized carbons (Fsp3) is 0.476. The summed E-state index contributed by atoms with van der Waals surface area (Å²) in [6.07, 6.45) is 10.4. The lowest BCUT2D eigenvalue weighted by Gasteiger charge is -2.35. The molecule has 1 spiro atoms. The summed E-state index contributed by atoms with van der Waals surface area (Å²) < 4.78 is 22.5. The van der Waals surface area contributed by atoms with Gasteiger partial charge in [0.15, 0.2) is 5.79 Å². The Morgan fingerprint density at radius 3 is 2.67 bits per heavy atom. The van der Waals surface area contributed by atoms with E-state index in [1.165, 1.54) is 11.1 Å². The molecule has 6 heteroatoms. The number of rotatable bonds is 3. The molecule has 142 valence electrons. The summed E-state index contributed by atoms with van der Waals surface area (Å²) in [4.78, 5) is 2.22. The highest BCUT2D eigenvalue weighted by atomic mass is 32.2. The van der Waals surface area contributed by atoms with Crippen molar-refractivity contribution in [2.45, 2.75) is 37.6 Å². The van der Waals surface area contributed by atoms with Crippen LogP contribution in [-0.4, -0.2) is 48.1 Å². The molecule has 0 aromatic heterocycles. The summed E-state index contributed by atoms with van der Waals surface area (Å²) in [6, 6.07) is 8.41. The second-order valence-corrected chi connectivity index (χ2v) is 8.16. The van der Waals surface area contributed by atoms with Crippen LogP contribution in [0.25, 0.3) is 5.57 Å². The van der Waals surface area contributed by atoms with Crippen molar-refractivity contribution in [3.63, 3.8) is 0 Å². The lowest BCUT2D eigenvalue weighted by atomic mass is 9.91. The molecule has 1 saturated heterocycles. The standard InChI is InChI=1S/C21H24N2O3S/c1-2-19(20-22-27-15-12-23(20)11-1)16-3-5-17(6-4-16)26-18-7-9-21(10-8-18)24-13-14-25-21/h1-6,11,18H,7-10,12-15H2. The SMILES string of the molecule is C1=CN2CCSN=C2C(c2ccc(OC3CCC4(CC3)OCCO4)cc2)=C1. The van der Waals surface area contributed by atoms with Crippen LogP contribution in [0.2, 0.25) is 0 Å². The van der Waals surface area contributed by atoms with Crippen LogP contribution in [0.4, 0.5) is 0 Å². The zero-order chi connectivity index (χ0) is 18.1. The summed E-state index contributed by atoms with van der Waals surface area (Å²) in [5.41, 5.74) is 2.35. The third-order valence-electron chi connectivity index (χ3n) is 5.59. The molecule has 3 heterocycles. The second-order valence-electron chi connectivity index (χ2n) is 7.31. The lowest BCUT2D eigenvalue weighted by molar-refractivity contribution is -0.186. The summed E-state index contributed by atoms with van der Waals surface area (Å²) in [5.74, 6) is 2.69. The van der Waals surface area contributed by atoms with Crippen molar-refractivity contribution in [2.24, 2.45) is 4.40 Å². The molecule has 1 saturated carbocycles. The van der Waals surface area contributed by atoms with Gasteiger partial charge in [-0.15, -0.1) is 0 Å². The highest BCUT2D eigenvalue weighted by molar-refractivity contribution is 7.98. The number of nitrogens with zero attached hydrogens (tertiary/aromatic N) is 2. The van der Waals surface area contributed by atoms with E-state index < -0.39 is 0 Å².